The number of likely N-dealkylation sites (tertiary alicyclic amines) is 1. The zero-order chi connectivity index (χ0) is 30.1. The molecule has 1 aliphatic rings. The number of carbonyl (C=O) groups excluding carboxylic acids is 1. The molecule has 2 aromatic heterocycles. The van der Waals surface area contributed by atoms with E-state index in [-0.39, 0.29) is 35.7 Å². The Morgan fingerprint density at radius 2 is 1.88 bits per heavy atom. The van der Waals surface area contributed by atoms with Gasteiger partial charge in [-0.15, -0.1) is 13.2 Å². The summed E-state index contributed by atoms with van der Waals surface area (Å²) in [6.07, 6.45) is -3.06. The lowest BCUT2D eigenvalue weighted by atomic mass is 10.0. The number of benzene rings is 2. The number of aromatic amines is 1. The summed E-state index contributed by atoms with van der Waals surface area (Å²) in [5, 5.41) is 3.16. The highest BCUT2D eigenvalue weighted by atomic mass is 19.4. The van der Waals surface area contributed by atoms with Crippen LogP contribution in [0.3, 0.4) is 0 Å². The average Bonchev–Trinajstić information content (AvgIpc) is 3.51. The quantitative estimate of drug-likeness (QED) is 0.299. The second-order valence-corrected chi connectivity index (χ2v) is 11.1. The highest BCUT2D eigenvalue weighted by Gasteiger charge is 2.33. The predicted molar refractivity (Wildman–Crippen MR) is 150 cm³/mol. The van der Waals surface area contributed by atoms with Gasteiger partial charge >= 0.3 is 18.1 Å². The van der Waals surface area contributed by atoms with Crippen molar-refractivity contribution in [3.8, 4) is 16.9 Å². The number of hydrogen-bond acceptors (Lipinski definition) is 7. The van der Waals surface area contributed by atoms with Crippen molar-refractivity contribution in [1.29, 1.82) is 0 Å². The molecule has 5 rings (SSSR count). The van der Waals surface area contributed by atoms with Crippen LogP contribution in [0.15, 0.2) is 59.5 Å². The minimum atomic E-state index is -4.91. The predicted octanol–water partition coefficient (Wildman–Crippen LogP) is 5.40. The number of nitrogens with zero attached hydrogens (tertiary/aromatic N) is 4. The number of halogens is 3. The highest BCUT2D eigenvalue weighted by molar-refractivity contribution is 5.71. The molecule has 1 aliphatic heterocycles. The minimum absolute atomic E-state index is 0.132. The van der Waals surface area contributed by atoms with Gasteiger partial charge in [0.1, 0.15) is 16.9 Å². The van der Waals surface area contributed by atoms with Crippen LogP contribution in [0.4, 0.5) is 23.9 Å². The third-order valence-electron chi connectivity index (χ3n) is 6.72. The van der Waals surface area contributed by atoms with Gasteiger partial charge in [-0.1, -0.05) is 36.4 Å². The van der Waals surface area contributed by atoms with Crippen LogP contribution in [-0.4, -0.2) is 62.1 Å². The van der Waals surface area contributed by atoms with Crippen molar-refractivity contribution in [1.82, 2.24) is 24.4 Å². The fraction of sp³-hybridized carbons (Fsp3) is 0.379. The molecule has 1 saturated heterocycles. The molecule has 222 valence electrons. The Kier molecular flexibility index (Phi) is 7.85. The Bertz CT molecular complexity index is 1630. The van der Waals surface area contributed by atoms with Gasteiger partial charge in [0, 0.05) is 25.2 Å². The van der Waals surface area contributed by atoms with E-state index in [1.165, 1.54) is 22.9 Å². The number of anilines is 1. The van der Waals surface area contributed by atoms with Crippen LogP contribution < -0.4 is 15.7 Å². The average molecular weight is 585 g/mol. The van der Waals surface area contributed by atoms with Crippen molar-refractivity contribution < 1.29 is 27.4 Å². The minimum Gasteiger partial charge on any atom is -0.444 e. The van der Waals surface area contributed by atoms with Crippen LogP contribution >= 0.6 is 0 Å². The van der Waals surface area contributed by atoms with Gasteiger partial charge in [0.05, 0.1) is 12.7 Å². The molecule has 42 heavy (non-hydrogen) atoms. The Balaban J connectivity index is 1.36. The smallest absolute Gasteiger partial charge is 0.444 e. The summed E-state index contributed by atoms with van der Waals surface area (Å²) in [7, 11) is 0. The van der Waals surface area contributed by atoms with Crippen LogP contribution in [0, 0.1) is 5.92 Å². The maximum absolute atomic E-state index is 13.2. The van der Waals surface area contributed by atoms with E-state index in [2.05, 4.69) is 25.0 Å². The number of amides is 1. The summed E-state index contributed by atoms with van der Waals surface area (Å²) in [4.78, 5) is 38.3. The molecule has 2 N–H and O–H groups in total. The number of hydrogen-bond donors (Lipinski definition) is 2. The van der Waals surface area contributed by atoms with Gasteiger partial charge in [-0.3, -0.25) is 4.57 Å². The number of H-pyrrole nitrogens is 1. The lowest BCUT2D eigenvalue weighted by molar-refractivity contribution is -0.274. The Hall–Kier alpha value is -4.55. The molecule has 1 atom stereocenters. The summed E-state index contributed by atoms with van der Waals surface area (Å²) in [6, 6.07) is 13.5. The van der Waals surface area contributed by atoms with Gasteiger partial charge in [0.15, 0.2) is 5.65 Å². The number of imidazole rings is 1. The number of ether oxygens (including phenoxy) is 2. The molecule has 0 aliphatic carbocycles. The highest BCUT2D eigenvalue weighted by Crippen LogP contribution is 2.31. The Morgan fingerprint density at radius 1 is 1.12 bits per heavy atom. The van der Waals surface area contributed by atoms with Crippen LogP contribution in [0.5, 0.6) is 5.75 Å². The maximum atomic E-state index is 13.2. The largest absolute Gasteiger partial charge is 0.573 e. The van der Waals surface area contributed by atoms with Crippen molar-refractivity contribution >= 4 is 23.2 Å². The van der Waals surface area contributed by atoms with Gasteiger partial charge in [0.25, 0.3) is 0 Å². The van der Waals surface area contributed by atoms with E-state index in [4.69, 9.17) is 4.74 Å². The molecular formula is C29H31F3N6O4. The van der Waals surface area contributed by atoms with E-state index in [0.717, 1.165) is 12.0 Å². The van der Waals surface area contributed by atoms with Crippen molar-refractivity contribution in [3.63, 3.8) is 0 Å². The second kappa shape index (κ2) is 11.4. The van der Waals surface area contributed by atoms with Gasteiger partial charge in [0.2, 0.25) is 5.95 Å². The molecule has 1 fully saturated rings. The third-order valence-corrected chi connectivity index (χ3v) is 6.72. The summed E-state index contributed by atoms with van der Waals surface area (Å²) >= 11 is 0. The van der Waals surface area contributed by atoms with Crippen LogP contribution in [0.1, 0.15) is 32.8 Å². The van der Waals surface area contributed by atoms with E-state index >= 15 is 0 Å². The van der Waals surface area contributed by atoms with Gasteiger partial charge in [-0.25, -0.2) is 14.6 Å². The molecule has 0 bridgehead atoms. The van der Waals surface area contributed by atoms with E-state index in [1.807, 2.05) is 51.1 Å². The summed E-state index contributed by atoms with van der Waals surface area (Å²) in [5.74, 6) is -0.0320. The first kappa shape index (κ1) is 29.0. The number of rotatable bonds is 7. The van der Waals surface area contributed by atoms with E-state index < -0.39 is 23.4 Å². The fourth-order valence-electron chi connectivity index (χ4n) is 4.81. The van der Waals surface area contributed by atoms with Crippen LogP contribution in [0.2, 0.25) is 0 Å². The summed E-state index contributed by atoms with van der Waals surface area (Å²) in [5.41, 5.74) is 1.05. The van der Waals surface area contributed by atoms with E-state index in [0.29, 0.717) is 30.7 Å². The van der Waals surface area contributed by atoms with Gasteiger partial charge < -0.3 is 24.7 Å². The monoisotopic (exact) mass is 584 g/mol. The summed E-state index contributed by atoms with van der Waals surface area (Å²) in [6.45, 7) is 6.79. The SMILES string of the molecule is CC(C)(C)OC(=O)N1CCC(CNc2ncc3[nH]c(=O)n(Cc4cc(-c5ccccc5)ccc4OC(F)(F)F)c3n2)C1. The van der Waals surface area contributed by atoms with Crippen molar-refractivity contribution in [2.45, 2.75) is 45.7 Å². The molecule has 10 nitrogen and oxygen atoms in total. The van der Waals surface area contributed by atoms with Crippen LogP contribution in [-0.2, 0) is 11.3 Å². The first-order chi connectivity index (χ1) is 19.8. The lowest BCUT2D eigenvalue weighted by Crippen LogP contribution is -2.35. The molecule has 4 aromatic rings. The molecule has 2 aromatic carbocycles. The van der Waals surface area contributed by atoms with Crippen molar-refractivity contribution in [2.75, 3.05) is 25.0 Å². The zero-order valence-electron chi connectivity index (χ0n) is 23.4. The fourth-order valence-corrected chi connectivity index (χ4v) is 4.81. The first-order valence-electron chi connectivity index (χ1n) is 13.5. The maximum Gasteiger partial charge on any atom is 0.573 e. The van der Waals surface area contributed by atoms with Crippen LogP contribution in [0.25, 0.3) is 22.3 Å². The Morgan fingerprint density at radius 3 is 2.60 bits per heavy atom. The topological polar surface area (TPSA) is 114 Å². The van der Waals surface area contributed by atoms with E-state index in [1.54, 1.807) is 11.0 Å². The Labute approximate surface area is 239 Å². The number of fused-ring (bicyclic) bond motifs is 1. The first-order valence-corrected chi connectivity index (χ1v) is 13.5. The third kappa shape index (κ3) is 7.01. The number of aromatic nitrogens is 4. The molecule has 1 amide bonds. The van der Waals surface area contributed by atoms with Crippen molar-refractivity contribution in [2.24, 2.45) is 5.92 Å². The molecule has 0 radical (unpaired) electrons. The van der Waals surface area contributed by atoms with Gasteiger partial charge in [-0.05, 0) is 56.4 Å². The normalized spacial score (nSPS) is 15.7. The standard InChI is InChI=1S/C29H31F3N6O4/c1-28(2,3)42-27(40)37-12-11-18(16-37)14-33-25-34-15-22-24(36-25)38(26(39)35-22)17-21-13-20(19-7-5-4-6-8-19)9-10-23(21)41-29(30,31)32/h4-10,13,15,18H,11-12,14,16-17H2,1-3H3,(H,35,39)(H,33,34,36). The molecule has 0 spiro atoms. The molecule has 0 saturated carbocycles. The molecule has 13 heteroatoms. The van der Waals surface area contributed by atoms with Gasteiger partial charge in [-0.2, -0.15) is 4.98 Å². The van der Waals surface area contributed by atoms with E-state index in [9.17, 15) is 22.8 Å². The molecular weight excluding hydrogens is 553 g/mol. The zero-order valence-corrected chi connectivity index (χ0v) is 23.4. The second-order valence-electron chi connectivity index (χ2n) is 11.1. The molecule has 3 heterocycles. The lowest BCUT2D eigenvalue weighted by Gasteiger charge is -2.24. The molecule has 1 unspecified atom stereocenters. The number of nitrogens with one attached hydrogen (secondary N) is 2. The summed E-state index contributed by atoms with van der Waals surface area (Å²) < 4.78 is 50.6. The number of carbonyl (C=O) groups is 1. The van der Waals surface area contributed by atoms with Crippen molar-refractivity contribution in [3.05, 3.63) is 70.8 Å². The number of alkyl halides is 3.